The van der Waals surface area contributed by atoms with Gasteiger partial charge in [-0.1, -0.05) is 0 Å². The largest absolute Gasteiger partial charge is 0.266 e. The van der Waals surface area contributed by atoms with E-state index in [1.165, 1.54) is 44.6 Å². The van der Waals surface area contributed by atoms with E-state index in [0.717, 1.165) is 5.69 Å². The molecular weight excluding hydrogens is 363 g/mol. The van der Waals surface area contributed by atoms with Crippen LogP contribution in [-0.4, -0.2) is 9.78 Å². The van der Waals surface area contributed by atoms with Gasteiger partial charge in [0.05, 0.1) is 5.69 Å². The van der Waals surface area contributed by atoms with E-state index in [1.807, 2.05) is 0 Å². The van der Waals surface area contributed by atoms with Crippen LogP contribution in [0.5, 0.6) is 0 Å². The van der Waals surface area contributed by atoms with Crippen LogP contribution < -0.4 is 0 Å². The van der Waals surface area contributed by atoms with Crippen molar-refractivity contribution in [2.24, 2.45) is 0 Å². The first-order valence-electron chi connectivity index (χ1n) is 7.81. The van der Waals surface area contributed by atoms with E-state index >= 15 is 0 Å². The van der Waals surface area contributed by atoms with Crippen LogP contribution in [0, 0.1) is 48.5 Å². The van der Waals surface area contributed by atoms with Crippen molar-refractivity contribution in [1.82, 2.24) is 9.78 Å². The number of aromatic nitrogens is 2. The summed E-state index contributed by atoms with van der Waals surface area (Å²) in [6.07, 6.45) is 0. The van der Waals surface area contributed by atoms with Crippen LogP contribution in [0.4, 0.5) is 0 Å². The Bertz CT molecular complexity index is 680. The molecule has 0 N–H and O–H groups in total. The van der Waals surface area contributed by atoms with Gasteiger partial charge in [0.2, 0.25) is 0 Å². The minimum absolute atomic E-state index is 0. The van der Waals surface area contributed by atoms with Gasteiger partial charge in [0, 0.05) is 37.7 Å². The van der Waals surface area contributed by atoms with E-state index in [9.17, 15) is 0 Å². The number of rotatable bonds is 2. The zero-order chi connectivity index (χ0) is 16.1. The summed E-state index contributed by atoms with van der Waals surface area (Å²) in [5.41, 5.74) is 12.1. The van der Waals surface area contributed by atoms with Crippen molar-refractivity contribution >= 4 is 0 Å². The quantitative estimate of drug-likeness (QED) is 0.637. The van der Waals surface area contributed by atoms with Gasteiger partial charge < -0.3 is 0 Å². The number of hydrogen-bond acceptors (Lipinski definition) is 1. The second kappa shape index (κ2) is 6.69. The fourth-order valence-electron chi connectivity index (χ4n) is 3.40. The third-order valence-electron chi connectivity index (χ3n) is 5.06. The molecule has 0 radical (unpaired) electrons. The maximum Gasteiger partial charge on any atom is 0.0675 e. The molecule has 0 spiro atoms. The summed E-state index contributed by atoms with van der Waals surface area (Å²) in [6.45, 7) is 19.9. The fourth-order valence-corrected chi connectivity index (χ4v) is 3.40. The van der Waals surface area contributed by atoms with E-state index in [4.69, 9.17) is 5.10 Å². The van der Waals surface area contributed by atoms with Gasteiger partial charge in [-0.15, -0.1) is 0 Å². The summed E-state index contributed by atoms with van der Waals surface area (Å²) in [6, 6.07) is 0.394. The maximum absolute atomic E-state index is 4.77. The molecule has 0 fully saturated rings. The molecule has 2 aromatic rings. The van der Waals surface area contributed by atoms with Crippen molar-refractivity contribution in [3.05, 3.63) is 39.2 Å². The Hall–Kier alpha value is -0.908. The van der Waals surface area contributed by atoms with Gasteiger partial charge in [0.15, 0.2) is 0 Å². The summed E-state index contributed by atoms with van der Waals surface area (Å²) in [5.74, 6) is 0. The topological polar surface area (TPSA) is 17.8 Å². The van der Waals surface area contributed by atoms with E-state index in [-0.39, 0.29) is 20.4 Å². The summed E-state index contributed by atoms with van der Waals surface area (Å²) < 4.78 is 2.15. The molecule has 0 aliphatic rings. The molecule has 2 nitrogen and oxygen atoms in total. The van der Waals surface area contributed by atoms with Crippen molar-refractivity contribution in [3.63, 3.8) is 0 Å². The van der Waals surface area contributed by atoms with Gasteiger partial charge in [-0.05, 0) is 95.7 Å². The molecule has 0 amide bonds. The van der Waals surface area contributed by atoms with Gasteiger partial charge in [0.25, 0.3) is 0 Å². The van der Waals surface area contributed by atoms with Gasteiger partial charge in [-0.2, -0.15) is 5.10 Å². The maximum atomic E-state index is 4.77. The van der Waals surface area contributed by atoms with Crippen LogP contribution in [0.2, 0.25) is 0 Å². The molecule has 0 saturated carbocycles. The second-order valence-corrected chi connectivity index (χ2v) is 6.58. The summed E-state index contributed by atoms with van der Waals surface area (Å²) in [7, 11) is 0. The van der Waals surface area contributed by atoms with E-state index in [1.54, 1.807) is 0 Å². The Morgan fingerprint density at radius 1 is 0.682 bits per heavy atom. The smallest absolute Gasteiger partial charge is 0.0675 e. The number of hydrogen-bond donors (Lipinski definition) is 0. The van der Waals surface area contributed by atoms with Gasteiger partial charge in [-0.25, -0.2) is 0 Å². The van der Waals surface area contributed by atoms with Crippen LogP contribution in [0.25, 0.3) is 11.1 Å². The Morgan fingerprint density at radius 2 is 1.09 bits per heavy atom. The van der Waals surface area contributed by atoms with Crippen LogP contribution >= 0.6 is 0 Å². The summed E-state index contributed by atoms with van der Waals surface area (Å²) >= 11 is 0. The Kier molecular flexibility index (Phi) is 5.82. The first kappa shape index (κ1) is 19.1. The monoisotopic (exact) mass is 390 g/mol. The molecule has 1 heterocycles. The summed E-state index contributed by atoms with van der Waals surface area (Å²) in [5, 5.41) is 4.77. The third-order valence-corrected chi connectivity index (χ3v) is 5.06. The van der Waals surface area contributed by atoms with Gasteiger partial charge >= 0.3 is 0 Å². The van der Waals surface area contributed by atoms with Crippen LogP contribution in [0.3, 0.4) is 0 Å². The molecular formula is C19H28N2Pd. The van der Waals surface area contributed by atoms with Crippen molar-refractivity contribution in [2.45, 2.75) is 68.4 Å². The molecule has 124 valence electrons. The first-order valence-corrected chi connectivity index (χ1v) is 7.81. The van der Waals surface area contributed by atoms with E-state index in [2.05, 4.69) is 67.0 Å². The van der Waals surface area contributed by atoms with Gasteiger partial charge in [0.1, 0.15) is 0 Å². The van der Waals surface area contributed by atoms with Crippen molar-refractivity contribution in [1.29, 1.82) is 0 Å². The second-order valence-electron chi connectivity index (χ2n) is 6.58. The zero-order valence-corrected chi connectivity index (χ0v) is 16.8. The normalized spacial score (nSPS) is 11.0. The minimum atomic E-state index is 0. The SMILES string of the molecule is Cc1nn(C(C)C)c(C)c1-c1c(C)c(C)c(C)c(C)c1C.[Pd]. The third kappa shape index (κ3) is 2.82. The molecule has 0 atom stereocenters. The molecule has 3 heteroatoms. The number of aryl methyl sites for hydroxylation is 1. The zero-order valence-electron chi connectivity index (χ0n) is 15.3. The molecule has 0 saturated heterocycles. The molecule has 0 aliphatic carbocycles. The molecule has 0 unspecified atom stereocenters. The minimum Gasteiger partial charge on any atom is -0.266 e. The van der Waals surface area contributed by atoms with E-state index < -0.39 is 0 Å². The molecule has 0 bridgehead atoms. The van der Waals surface area contributed by atoms with Crippen LogP contribution in [0.1, 0.15) is 59.1 Å². The predicted molar refractivity (Wildman–Crippen MR) is 91.2 cm³/mol. The molecule has 1 aromatic carbocycles. The standard InChI is InChI=1S/C19H28N2.Pd/c1-10(2)21-17(9)19(16(8)20-21)18-14(6)12(4)11(3)13(5)15(18)7;/h10H,1-9H3;. The first-order chi connectivity index (χ1) is 9.68. The van der Waals surface area contributed by atoms with Crippen LogP contribution in [-0.2, 0) is 20.4 Å². The molecule has 22 heavy (non-hydrogen) atoms. The van der Waals surface area contributed by atoms with E-state index in [0.29, 0.717) is 6.04 Å². The van der Waals surface area contributed by atoms with Crippen molar-refractivity contribution in [2.75, 3.05) is 0 Å². The summed E-state index contributed by atoms with van der Waals surface area (Å²) in [4.78, 5) is 0. The average Bonchev–Trinajstić information content (AvgIpc) is 2.71. The fraction of sp³-hybridized carbons (Fsp3) is 0.526. The van der Waals surface area contributed by atoms with Gasteiger partial charge in [-0.3, -0.25) is 4.68 Å². The Labute approximate surface area is 149 Å². The molecule has 0 aliphatic heterocycles. The number of benzene rings is 1. The predicted octanol–water partition coefficient (Wildman–Crippen LogP) is 5.29. The van der Waals surface area contributed by atoms with Crippen molar-refractivity contribution in [3.8, 4) is 11.1 Å². The van der Waals surface area contributed by atoms with Crippen LogP contribution in [0.15, 0.2) is 0 Å². The van der Waals surface area contributed by atoms with Crippen molar-refractivity contribution < 1.29 is 20.4 Å². The average molecular weight is 391 g/mol. The number of nitrogens with zero attached hydrogens (tertiary/aromatic N) is 2. The Morgan fingerprint density at radius 3 is 1.45 bits per heavy atom. The molecule has 2 rings (SSSR count). The molecule has 1 aromatic heterocycles. The Balaban J connectivity index is 0.00000242.